The SMILES string of the molecule is CC(=O)c1cc(C(=O)NC2C3CCC(C3)C2CO)n(C)c1. The second kappa shape index (κ2) is 5.30. The minimum atomic E-state index is -0.152. The molecule has 1 aromatic rings. The monoisotopic (exact) mass is 290 g/mol. The van der Waals surface area contributed by atoms with Crippen LogP contribution in [0.15, 0.2) is 12.3 Å². The Labute approximate surface area is 124 Å². The van der Waals surface area contributed by atoms with E-state index in [1.807, 2.05) is 0 Å². The Balaban J connectivity index is 1.76. The van der Waals surface area contributed by atoms with Crippen molar-refractivity contribution in [2.75, 3.05) is 6.61 Å². The first-order valence-corrected chi connectivity index (χ1v) is 7.60. The lowest BCUT2D eigenvalue weighted by atomic mass is 9.85. The van der Waals surface area contributed by atoms with Crippen molar-refractivity contribution in [1.82, 2.24) is 9.88 Å². The minimum Gasteiger partial charge on any atom is -0.396 e. The van der Waals surface area contributed by atoms with Gasteiger partial charge in [0, 0.05) is 37.4 Å². The van der Waals surface area contributed by atoms with E-state index in [-0.39, 0.29) is 30.3 Å². The van der Waals surface area contributed by atoms with E-state index in [4.69, 9.17) is 0 Å². The van der Waals surface area contributed by atoms with Gasteiger partial charge in [0.15, 0.2) is 5.78 Å². The molecule has 2 saturated carbocycles. The number of carbonyl (C=O) groups is 2. The second-order valence-corrected chi connectivity index (χ2v) is 6.46. The molecule has 0 aromatic carbocycles. The summed E-state index contributed by atoms with van der Waals surface area (Å²) in [5.41, 5.74) is 1.05. The third kappa shape index (κ3) is 2.39. The quantitative estimate of drug-likeness (QED) is 0.823. The maximum Gasteiger partial charge on any atom is 0.268 e. The van der Waals surface area contributed by atoms with Gasteiger partial charge in [0.25, 0.3) is 5.91 Å². The van der Waals surface area contributed by atoms with E-state index >= 15 is 0 Å². The summed E-state index contributed by atoms with van der Waals surface area (Å²) in [6, 6.07) is 1.70. The number of ketones is 1. The Bertz CT molecular complexity index is 578. The molecular formula is C16H22N2O3. The van der Waals surface area contributed by atoms with Crippen molar-refractivity contribution in [3.8, 4) is 0 Å². The van der Waals surface area contributed by atoms with Crippen molar-refractivity contribution >= 4 is 11.7 Å². The van der Waals surface area contributed by atoms with E-state index in [1.165, 1.54) is 13.3 Å². The highest BCUT2D eigenvalue weighted by Crippen LogP contribution is 2.48. The molecule has 2 aliphatic rings. The molecule has 1 aromatic heterocycles. The van der Waals surface area contributed by atoms with Crippen LogP contribution in [0, 0.1) is 17.8 Å². The van der Waals surface area contributed by atoms with E-state index in [9.17, 15) is 14.7 Å². The molecule has 0 spiro atoms. The summed E-state index contributed by atoms with van der Waals surface area (Å²) in [5, 5.41) is 12.7. The first-order chi connectivity index (χ1) is 10.0. The molecule has 2 bridgehead atoms. The Morgan fingerprint density at radius 3 is 2.71 bits per heavy atom. The number of carbonyl (C=O) groups excluding carboxylic acids is 2. The van der Waals surface area contributed by atoms with Gasteiger partial charge >= 0.3 is 0 Å². The van der Waals surface area contributed by atoms with Gasteiger partial charge in [-0.1, -0.05) is 0 Å². The molecule has 4 atom stereocenters. The number of aromatic nitrogens is 1. The number of aliphatic hydroxyl groups excluding tert-OH is 1. The number of nitrogens with zero attached hydrogens (tertiary/aromatic N) is 1. The van der Waals surface area contributed by atoms with Gasteiger partial charge < -0.3 is 15.0 Å². The fourth-order valence-electron chi connectivity index (χ4n) is 4.11. The standard InChI is InChI=1S/C16H22N2O3/c1-9(20)12-6-14(18(2)7-12)16(21)17-15-11-4-3-10(5-11)13(15)8-19/h6-7,10-11,13,15,19H,3-5,8H2,1-2H3,(H,17,21). The molecule has 21 heavy (non-hydrogen) atoms. The highest BCUT2D eigenvalue weighted by Gasteiger charge is 2.47. The molecule has 5 heteroatoms. The van der Waals surface area contributed by atoms with Crippen LogP contribution in [0.4, 0.5) is 0 Å². The van der Waals surface area contributed by atoms with Crippen LogP contribution in [0.1, 0.15) is 47.0 Å². The van der Waals surface area contributed by atoms with Gasteiger partial charge in [-0.25, -0.2) is 0 Å². The predicted molar refractivity (Wildman–Crippen MR) is 78.1 cm³/mol. The summed E-state index contributed by atoms with van der Waals surface area (Å²) in [7, 11) is 1.77. The first kappa shape index (κ1) is 14.3. The lowest BCUT2D eigenvalue weighted by Gasteiger charge is -2.30. The molecular weight excluding hydrogens is 268 g/mol. The summed E-state index contributed by atoms with van der Waals surface area (Å²) in [4.78, 5) is 23.9. The molecule has 5 nitrogen and oxygen atoms in total. The van der Waals surface area contributed by atoms with Crippen LogP contribution in [-0.2, 0) is 7.05 Å². The third-order valence-electron chi connectivity index (χ3n) is 5.24. The van der Waals surface area contributed by atoms with Gasteiger partial charge in [-0.2, -0.15) is 0 Å². The lowest BCUT2D eigenvalue weighted by Crippen LogP contribution is -2.45. The van der Waals surface area contributed by atoms with E-state index in [1.54, 1.807) is 23.9 Å². The van der Waals surface area contributed by atoms with Crippen molar-refractivity contribution < 1.29 is 14.7 Å². The first-order valence-electron chi connectivity index (χ1n) is 7.60. The number of rotatable bonds is 4. The summed E-state index contributed by atoms with van der Waals surface area (Å²) in [6.45, 7) is 1.63. The van der Waals surface area contributed by atoms with Gasteiger partial charge in [0.1, 0.15) is 5.69 Å². The van der Waals surface area contributed by atoms with Crippen molar-refractivity contribution in [1.29, 1.82) is 0 Å². The second-order valence-electron chi connectivity index (χ2n) is 6.46. The number of aliphatic hydroxyl groups is 1. The maximum absolute atomic E-state index is 12.5. The smallest absolute Gasteiger partial charge is 0.268 e. The zero-order chi connectivity index (χ0) is 15.1. The summed E-state index contributed by atoms with van der Waals surface area (Å²) < 4.78 is 1.69. The van der Waals surface area contributed by atoms with Crippen LogP contribution in [-0.4, -0.2) is 34.0 Å². The van der Waals surface area contributed by atoms with Crippen molar-refractivity contribution in [2.24, 2.45) is 24.8 Å². The van der Waals surface area contributed by atoms with E-state index in [0.717, 1.165) is 12.8 Å². The Kier molecular flexibility index (Phi) is 3.61. The van der Waals surface area contributed by atoms with Gasteiger partial charge in [-0.3, -0.25) is 9.59 Å². The molecule has 2 N–H and O–H groups in total. The Hall–Kier alpha value is -1.62. The normalized spacial score (nSPS) is 30.6. The zero-order valence-corrected chi connectivity index (χ0v) is 12.5. The van der Waals surface area contributed by atoms with Gasteiger partial charge in [0.2, 0.25) is 0 Å². The number of nitrogens with one attached hydrogen (secondary N) is 1. The number of fused-ring (bicyclic) bond motifs is 2. The Morgan fingerprint density at radius 1 is 1.38 bits per heavy atom. The molecule has 1 heterocycles. The molecule has 3 rings (SSSR count). The molecule has 4 unspecified atom stereocenters. The van der Waals surface area contributed by atoms with Crippen LogP contribution in [0.25, 0.3) is 0 Å². The highest BCUT2D eigenvalue weighted by molar-refractivity contribution is 5.99. The van der Waals surface area contributed by atoms with Crippen LogP contribution in [0.5, 0.6) is 0 Å². The Morgan fingerprint density at radius 2 is 2.10 bits per heavy atom. The molecule has 0 radical (unpaired) electrons. The summed E-state index contributed by atoms with van der Waals surface area (Å²) in [6.07, 6.45) is 5.10. The van der Waals surface area contributed by atoms with Crippen molar-refractivity contribution in [2.45, 2.75) is 32.2 Å². The molecule has 2 aliphatic carbocycles. The van der Waals surface area contributed by atoms with Crippen molar-refractivity contribution in [3.05, 3.63) is 23.5 Å². The van der Waals surface area contributed by atoms with Crippen molar-refractivity contribution in [3.63, 3.8) is 0 Å². The minimum absolute atomic E-state index is 0.0437. The third-order valence-corrected chi connectivity index (χ3v) is 5.24. The van der Waals surface area contributed by atoms with Gasteiger partial charge in [-0.05, 0) is 44.1 Å². The fraction of sp³-hybridized carbons (Fsp3) is 0.625. The van der Waals surface area contributed by atoms with E-state index < -0.39 is 0 Å². The number of amides is 1. The molecule has 0 aliphatic heterocycles. The maximum atomic E-state index is 12.5. The molecule has 2 fully saturated rings. The summed E-state index contributed by atoms with van der Waals surface area (Å²) >= 11 is 0. The molecule has 1 amide bonds. The highest BCUT2D eigenvalue weighted by atomic mass is 16.3. The average Bonchev–Trinajstić information content (AvgIpc) is 3.12. The zero-order valence-electron chi connectivity index (χ0n) is 12.5. The van der Waals surface area contributed by atoms with Gasteiger partial charge in [-0.15, -0.1) is 0 Å². The average molecular weight is 290 g/mol. The lowest BCUT2D eigenvalue weighted by molar-refractivity contribution is 0.0853. The number of aryl methyl sites for hydroxylation is 1. The predicted octanol–water partition coefficient (Wildman–Crippen LogP) is 1.36. The fourth-order valence-corrected chi connectivity index (χ4v) is 4.11. The van der Waals surface area contributed by atoms with Gasteiger partial charge in [0.05, 0.1) is 0 Å². The number of hydrogen-bond acceptors (Lipinski definition) is 3. The van der Waals surface area contributed by atoms with Crippen LogP contribution >= 0.6 is 0 Å². The van der Waals surface area contributed by atoms with Crippen LogP contribution in [0.2, 0.25) is 0 Å². The van der Waals surface area contributed by atoms with Crippen LogP contribution < -0.4 is 5.32 Å². The van der Waals surface area contributed by atoms with E-state index in [2.05, 4.69) is 5.32 Å². The number of Topliss-reactive ketones (excluding diaryl/α,β-unsaturated/α-hetero) is 1. The molecule has 0 saturated heterocycles. The summed E-state index contributed by atoms with van der Waals surface area (Å²) in [5.74, 6) is 1.02. The van der Waals surface area contributed by atoms with E-state index in [0.29, 0.717) is 23.1 Å². The number of hydrogen-bond donors (Lipinski definition) is 2. The topological polar surface area (TPSA) is 71.3 Å². The molecule has 114 valence electrons. The largest absolute Gasteiger partial charge is 0.396 e. The van der Waals surface area contributed by atoms with Crippen LogP contribution in [0.3, 0.4) is 0 Å².